The number of piperidine rings is 1. The molecular formula is C9H20N2O. The summed E-state index contributed by atoms with van der Waals surface area (Å²) in [5.41, 5.74) is 0. The van der Waals surface area contributed by atoms with Gasteiger partial charge in [0.05, 0.1) is 6.10 Å². The molecule has 0 saturated carbocycles. The summed E-state index contributed by atoms with van der Waals surface area (Å²) in [6.45, 7) is 4.88. The molecule has 0 aromatic heterocycles. The van der Waals surface area contributed by atoms with Crippen molar-refractivity contribution in [3.63, 3.8) is 0 Å². The first-order valence-electron chi connectivity index (χ1n) is 4.79. The molecule has 1 saturated heterocycles. The highest BCUT2D eigenvalue weighted by Gasteiger charge is 2.17. The van der Waals surface area contributed by atoms with E-state index in [1.165, 1.54) is 12.8 Å². The summed E-state index contributed by atoms with van der Waals surface area (Å²) in [6, 6.07) is 0.667. The molecule has 1 aliphatic heterocycles. The molecule has 1 atom stereocenters. The van der Waals surface area contributed by atoms with E-state index in [9.17, 15) is 5.11 Å². The van der Waals surface area contributed by atoms with Gasteiger partial charge in [-0.25, -0.2) is 0 Å². The summed E-state index contributed by atoms with van der Waals surface area (Å²) in [5, 5.41) is 12.5. The molecule has 0 aromatic rings. The molecule has 3 heteroatoms. The molecule has 0 amide bonds. The van der Waals surface area contributed by atoms with Crippen LogP contribution < -0.4 is 5.32 Å². The Morgan fingerprint density at radius 2 is 2.08 bits per heavy atom. The van der Waals surface area contributed by atoms with Crippen LogP contribution in [0.2, 0.25) is 0 Å². The topological polar surface area (TPSA) is 35.5 Å². The van der Waals surface area contributed by atoms with Crippen LogP contribution in [-0.2, 0) is 0 Å². The molecule has 1 aliphatic rings. The zero-order valence-electron chi connectivity index (χ0n) is 8.08. The van der Waals surface area contributed by atoms with Crippen LogP contribution in [0, 0.1) is 0 Å². The highest BCUT2D eigenvalue weighted by molar-refractivity contribution is 4.76. The van der Waals surface area contributed by atoms with Crippen LogP contribution >= 0.6 is 0 Å². The van der Waals surface area contributed by atoms with Crippen molar-refractivity contribution in [1.82, 2.24) is 10.2 Å². The molecule has 12 heavy (non-hydrogen) atoms. The Labute approximate surface area is 74.8 Å². The Bertz CT molecular complexity index is 122. The Hall–Kier alpha value is -0.120. The number of hydrogen-bond donors (Lipinski definition) is 2. The summed E-state index contributed by atoms with van der Waals surface area (Å²) in [7, 11) is 2.10. The van der Waals surface area contributed by atoms with Crippen molar-refractivity contribution in [2.75, 3.05) is 26.7 Å². The van der Waals surface area contributed by atoms with Gasteiger partial charge >= 0.3 is 0 Å². The van der Waals surface area contributed by atoms with Gasteiger partial charge < -0.3 is 15.3 Å². The SMILES string of the molecule is C[C@@H](O)CN(C)C1CCNCC1. The fourth-order valence-electron chi connectivity index (χ4n) is 1.81. The van der Waals surface area contributed by atoms with E-state index >= 15 is 0 Å². The monoisotopic (exact) mass is 172 g/mol. The van der Waals surface area contributed by atoms with E-state index in [1.54, 1.807) is 0 Å². The summed E-state index contributed by atoms with van der Waals surface area (Å²) in [6.07, 6.45) is 2.22. The maximum Gasteiger partial charge on any atom is 0.0639 e. The lowest BCUT2D eigenvalue weighted by atomic mass is 10.1. The molecule has 1 rings (SSSR count). The van der Waals surface area contributed by atoms with E-state index < -0.39 is 0 Å². The van der Waals surface area contributed by atoms with Gasteiger partial charge in [-0.2, -0.15) is 0 Å². The summed E-state index contributed by atoms with van der Waals surface area (Å²) >= 11 is 0. The van der Waals surface area contributed by atoms with Crippen LogP contribution in [0.25, 0.3) is 0 Å². The third-order valence-electron chi connectivity index (χ3n) is 2.48. The molecule has 0 radical (unpaired) electrons. The number of hydrogen-bond acceptors (Lipinski definition) is 3. The minimum atomic E-state index is -0.204. The first-order valence-corrected chi connectivity index (χ1v) is 4.79. The zero-order chi connectivity index (χ0) is 8.97. The highest BCUT2D eigenvalue weighted by Crippen LogP contribution is 2.09. The zero-order valence-corrected chi connectivity index (χ0v) is 8.08. The predicted octanol–water partition coefficient (Wildman–Crippen LogP) is 0.0510. The third kappa shape index (κ3) is 3.09. The van der Waals surface area contributed by atoms with Crippen LogP contribution in [0.15, 0.2) is 0 Å². The minimum Gasteiger partial charge on any atom is -0.392 e. The van der Waals surface area contributed by atoms with Crippen molar-refractivity contribution in [1.29, 1.82) is 0 Å². The van der Waals surface area contributed by atoms with Gasteiger partial charge in [-0.3, -0.25) is 0 Å². The molecule has 72 valence electrons. The summed E-state index contributed by atoms with van der Waals surface area (Å²) < 4.78 is 0. The second-order valence-corrected chi connectivity index (χ2v) is 3.77. The van der Waals surface area contributed by atoms with E-state index in [0.29, 0.717) is 6.04 Å². The van der Waals surface area contributed by atoms with Crippen LogP contribution in [-0.4, -0.2) is 48.8 Å². The van der Waals surface area contributed by atoms with Gasteiger partial charge in [-0.1, -0.05) is 0 Å². The molecule has 0 spiro atoms. The molecular weight excluding hydrogens is 152 g/mol. The largest absolute Gasteiger partial charge is 0.392 e. The van der Waals surface area contributed by atoms with E-state index in [2.05, 4.69) is 17.3 Å². The molecule has 0 bridgehead atoms. The molecule has 1 fully saturated rings. The molecule has 2 N–H and O–H groups in total. The maximum absolute atomic E-state index is 9.20. The Kier molecular flexibility index (Phi) is 3.98. The maximum atomic E-state index is 9.20. The minimum absolute atomic E-state index is 0.204. The predicted molar refractivity (Wildman–Crippen MR) is 50.2 cm³/mol. The second-order valence-electron chi connectivity index (χ2n) is 3.77. The lowest BCUT2D eigenvalue weighted by Crippen LogP contribution is -2.43. The van der Waals surface area contributed by atoms with Gasteiger partial charge in [0, 0.05) is 12.6 Å². The smallest absolute Gasteiger partial charge is 0.0639 e. The summed E-state index contributed by atoms with van der Waals surface area (Å²) in [5.74, 6) is 0. The van der Waals surface area contributed by atoms with Gasteiger partial charge in [0.1, 0.15) is 0 Å². The van der Waals surface area contributed by atoms with E-state index in [1.807, 2.05) is 6.92 Å². The first kappa shape index (κ1) is 9.96. The van der Waals surface area contributed by atoms with E-state index in [4.69, 9.17) is 0 Å². The fraction of sp³-hybridized carbons (Fsp3) is 1.00. The lowest BCUT2D eigenvalue weighted by Gasteiger charge is -2.32. The molecule has 0 aromatic carbocycles. The van der Waals surface area contributed by atoms with Crippen LogP contribution in [0.4, 0.5) is 0 Å². The van der Waals surface area contributed by atoms with Crippen molar-refractivity contribution in [2.24, 2.45) is 0 Å². The fourth-order valence-corrected chi connectivity index (χ4v) is 1.81. The van der Waals surface area contributed by atoms with E-state index in [0.717, 1.165) is 19.6 Å². The lowest BCUT2D eigenvalue weighted by molar-refractivity contribution is 0.105. The first-order chi connectivity index (χ1) is 5.70. The van der Waals surface area contributed by atoms with Crippen molar-refractivity contribution < 1.29 is 5.11 Å². The van der Waals surface area contributed by atoms with Crippen molar-refractivity contribution in [3.8, 4) is 0 Å². The number of nitrogens with one attached hydrogen (secondary N) is 1. The van der Waals surface area contributed by atoms with Gasteiger partial charge in [0.15, 0.2) is 0 Å². The van der Waals surface area contributed by atoms with Crippen molar-refractivity contribution in [3.05, 3.63) is 0 Å². The van der Waals surface area contributed by atoms with Crippen LogP contribution in [0.5, 0.6) is 0 Å². The third-order valence-corrected chi connectivity index (χ3v) is 2.48. The quantitative estimate of drug-likeness (QED) is 0.631. The number of rotatable bonds is 3. The standard InChI is InChI=1S/C9H20N2O/c1-8(12)7-11(2)9-3-5-10-6-4-9/h8-10,12H,3-7H2,1-2H3/t8-/m1/s1. The second kappa shape index (κ2) is 4.80. The van der Waals surface area contributed by atoms with Gasteiger partial charge in [-0.05, 0) is 39.9 Å². The van der Waals surface area contributed by atoms with Gasteiger partial charge in [0.2, 0.25) is 0 Å². The van der Waals surface area contributed by atoms with Gasteiger partial charge in [0.25, 0.3) is 0 Å². The molecule has 0 unspecified atom stereocenters. The Morgan fingerprint density at radius 3 is 2.58 bits per heavy atom. The van der Waals surface area contributed by atoms with Crippen molar-refractivity contribution in [2.45, 2.75) is 31.9 Å². The average Bonchev–Trinajstić information content (AvgIpc) is 2.05. The number of aliphatic hydroxyl groups is 1. The molecule has 0 aliphatic carbocycles. The van der Waals surface area contributed by atoms with Crippen molar-refractivity contribution >= 4 is 0 Å². The number of nitrogens with zero attached hydrogens (tertiary/aromatic N) is 1. The van der Waals surface area contributed by atoms with E-state index in [-0.39, 0.29) is 6.10 Å². The summed E-state index contributed by atoms with van der Waals surface area (Å²) in [4.78, 5) is 2.27. The Balaban J connectivity index is 2.24. The number of aliphatic hydroxyl groups excluding tert-OH is 1. The van der Waals surface area contributed by atoms with Gasteiger partial charge in [-0.15, -0.1) is 0 Å². The van der Waals surface area contributed by atoms with Crippen LogP contribution in [0.3, 0.4) is 0 Å². The number of likely N-dealkylation sites (N-methyl/N-ethyl adjacent to an activating group) is 1. The Morgan fingerprint density at radius 1 is 1.50 bits per heavy atom. The normalized spacial score (nSPS) is 23.0. The van der Waals surface area contributed by atoms with Crippen LogP contribution in [0.1, 0.15) is 19.8 Å². The highest BCUT2D eigenvalue weighted by atomic mass is 16.3. The average molecular weight is 172 g/mol. The molecule has 1 heterocycles. The molecule has 3 nitrogen and oxygen atoms in total.